The Kier molecular flexibility index (Phi) is 8.10. The first kappa shape index (κ1) is 25.5. The number of nitrogens with zero attached hydrogens (tertiary/aromatic N) is 2. The van der Waals surface area contributed by atoms with E-state index in [2.05, 4.69) is 29.1 Å². The molecule has 3 aromatic carbocycles. The number of likely N-dealkylation sites (tertiary alicyclic amines) is 1. The maximum atomic E-state index is 14.6. The number of aryl methyl sites for hydroxylation is 1. The normalized spacial score (nSPS) is 16.3. The average molecular weight is 493 g/mol. The number of hydrogen-bond acceptors (Lipinski definition) is 4. The molecule has 1 fully saturated rings. The number of halogens is 2. The zero-order chi connectivity index (χ0) is 25.7. The second kappa shape index (κ2) is 11.4. The molecule has 188 valence electrons. The van der Waals surface area contributed by atoms with Gasteiger partial charge in [-0.15, -0.1) is 0 Å². The van der Waals surface area contributed by atoms with E-state index < -0.39 is 11.8 Å². The highest BCUT2D eigenvalue weighted by Gasteiger charge is 2.28. The summed E-state index contributed by atoms with van der Waals surface area (Å²) in [5.74, 6) is -1.77. The van der Waals surface area contributed by atoms with E-state index >= 15 is 0 Å². The van der Waals surface area contributed by atoms with E-state index in [1.54, 1.807) is 24.3 Å². The number of hydrogen-bond donors (Lipinski definition) is 1. The zero-order valence-electron chi connectivity index (χ0n) is 20.5. The molecule has 1 atom stereocenters. The Labute approximate surface area is 210 Å². The molecule has 36 heavy (non-hydrogen) atoms. The summed E-state index contributed by atoms with van der Waals surface area (Å²) in [4.78, 5) is 18.9. The minimum absolute atomic E-state index is 0.121. The van der Waals surface area contributed by atoms with Crippen LogP contribution in [0.2, 0.25) is 0 Å². The third-order valence-corrected chi connectivity index (χ3v) is 6.64. The molecular formula is C29H30F2N2O3. The molecule has 1 heterocycles. The molecule has 0 amide bonds. The zero-order valence-corrected chi connectivity index (χ0v) is 20.5. The van der Waals surface area contributed by atoms with E-state index in [0.29, 0.717) is 35.4 Å². The molecule has 0 aromatic heterocycles. The van der Waals surface area contributed by atoms with Gasteiger partial charge in [0.1, 0.15) is 18.2 Å². The van der Waals surface area contributed by atoms with Crippen molar-refractivity contribution in [1.82, 2.24) is 4.90 Å². The van der Waals surface area contributed by atoms with Gasteiger partial charge in [0.15, 0.2) is 0 Å². The van der Waals surface area contributed by atoms with Crippen LogP contribution in [0.5, 0.6) is 0 Å². The predicted octanol–water partition coefficient (Wildman–Crippen LogP) is 6.04. The number of carboxylic acid groups (broad SMARTS) is 1. The second-order valence-electron chi connectivity index (χ2n) is 9.17. The van der Waals surface area contributed by atoms with Crippen LogP contribution in [0.1, 0.15) is 42.5 Å². The fraction of sp³-hybridized carbons (Fsp3) is 0.310. The molecule has 7 heteroatoms. The highest BCUT2D eigenvalue weighted by atomic mass is 19.1. The third-order valence-electron chi connectivity index (χ3n) is 6.64. The van der Waals surface area contributed by atoms with E-state index in [1.807, 2.05) is 13.0 Å². The van der Waals surface area contributed by atoms with Gasteiger partial charge in [0.25, 0.3) is 0 Å². The molecule has 1 aliphatic rings. The first-order valence-corrected chi connectivity index (χ1v) is 12.1. The van der Waals surface area contributed by atoms with Crippen molar-refractivity contribution in [3.8, 4) is 11.1 Å². The van der Waals surface area contributed by atoms with E-state index in [0.717, 1.165) is 25.1 Å². The monoisotopic (exact) mass is 492 g/mol. The van der Waals surface area contributed by atoms with Crippen molar-refractivity contribution in [2.45, 2.75) is 39.8 Å². The summed E-state index contributed by atoms with van der Waals surface area (Å²) >= 11 is 0. The standard InChI is InChI=1S/C29H30F2N2O3/c1-3-21-15-23(5-6-24(21)16-33-13-12-25(17-33)29(34)35)19(2)32-36-18-20-4-11-27(28(31)14-20)22-7-9-26(30)10-8-22/h4-11,14-15,25H,3,12-13,16-18H2,1-2H3,(H,34,35)/b32-19+/t25-/m0/s1. The Morgan fingerprint density at radius 3 is 2.53 bits per heavy atom. The summed E-state index contributed by atoms with van der Waals surface area (Å²) in [6.07, 6.45) is 1.55. The molecule has 1 aliphatic heterocycles. The molecule has 3 aromatic rings. The van der Waals surface area contributed by atoms with Gasteiger partial charge >= 0.3 is 5.97 Å². The van der Waals surface area contributed by atoms with Gasteiger partial charge in [-0.25, -0.2) is 8.78 Å². The van der Waals surface area contributed by atoms with Crippen LogP contribution < -0.4 is 0 Å². The molecule has 0 spiro atoms. The van der Waals surface area contributed by atoms with Crippen LogP contribution in [-0.2, 0) is 29.2 Å². The molecule has 0 aliphatic carbocycles. The summed E-state index contributed by atoms with van der Waals surface area (Å²) < 4.78 is 27.7. The van der Waals surface area contributed by atoms with Gasteiger partial charge in [-0.2, -0.15) is 0 Å². The van der Waals surface area contributed by atoms with Crippen molar-refractivity contribution >= 4 is 11.7 Å². The quantitative estimate of drug-likeness (QED) is 0.292. The number of benzene rings is 3. The lowest BCUT2D eigenvalue weighted by Crippen LogP contribution is -2.23. The van der Waals surface area contributed by atoms with E-state index in [9.17, 15) is 18.7 Å². The summed E-state index contributed by atoms with van der Waals surface area (Å²) in [5.41, 5.74) is 5.70. The summed E-state index contributed by atoms with van der Waals surface area (Å²) in [6, 6.07) is 16.7. The van der Waals surface area contributed by atoms with E-state index in [-0.39, 0.29) is 18.3 Å². The lowest BCUT2D eigenvalue weighted by Gasteiger charge is -2.18. The number of aliphatic carboxylic acids is 1. The van der Waals surface area contributed by atoms with Crippen molar-refractivity contribution in [3.63, 3.8) is 0 Å². The van der Waals surface area contributed by atoms with Crippen LogP contribution in [0.25, 0.3) is 11.1 Å². The molecule has 5 nitrogen and oxygen atoms in total. The van der Waals surface area contributed by atoms with Crippen LogP contribution in [0.4, 0.5) is 8.78 Å². The molecular weight excluding hydrogens is 462 g/mol. The third kappa shape index (κ3) is 6.15. The lowest BCUT2D eigenvalue weighted by molar-refractivity contribution is -0.141. The van der Waals surface area contributed by atoms with Crippen molar-refractivity contribution in [2.24, 2.45) is 11.1 Å². The van der Waals surface area contributed by atoms with Crippen molar-refractivity contribution in [3.05, 3.63) is 94.6 Å². The Morgan fingerprint density at radius 1 is 1.08 bits per heavy atom. The Morgan fingerprint density at radius 2 is 1.86 bits per heavy atom. The van der Waals surface area contributed by atoms with Gasteiger partial charge in [0.05, 0.1) is 11.6 Å². The van der Waals surface area contributed by atoms with E-state index in [1.165, 1.54) is 29.3 Å². The number of rotatable bonds is 9. The minimum atomic E-state index is -0.720. The predicted molar refractivity (Wildman–Crippen MR) is 136 cm³/mol. The maximum Gasteiger partial charge on any atom is 0.307 e. The molecule has 4 rings (SSSR count). The van der Waals surface area contributed by atoms with Crippen LogP contribution in [0.15, 0.2) is 65.8 Å². The highest BCUT2D eigenvalue weighted by molar-refractivity contribution is 5.98. The average Bonchev–Trinajstić information content (AvgIpc) is 3.34. The van der Waals surface area contributed by atoms with Crippen LogP contribution in [0.3, 0.4) is 0 Å². The Balaban J connectivity index is 1.38. The van der Waals surface area contributed by atoms with E-state index in [4.69, 9.17) is 4.84 Å². The fourth-order valence-corrected chi connectivity index (χ4v) is 4.52. The smallest absolute Gasteiger partial charge is 0.307 e. The Bertz CT molecular complexity index is 1260. The topological polar surface area (TPSA) is 62.1 Å². The van der Waals surface area contributed by atoms with Gasteiger partial charge in [-0.3, -0.25) is 9.69 Å². The summed E-state index contributed by atoms with van der Waals surface area (Å²) in [7, 11) is 0. The fourth-order valence-electron chi connectivity index (χ4n) is 4.52. The van der Waals surface area contributed by atoms with Gasteiger partial charge in [-0.05, 0) is 78.4 Å². The maximum absolute atomic E-state index is 14.6. The Hall–Kier alpha value is -3.58. The van der Waals surface area contributed by atoms with Crippen LogP contribution >= 0.6 is 0 Å². The minimum Gasteiger partial charge on any atom is -0.481 e. The van der Waals surface area contributed by atoms with Gasteiger partial charge in [0, 0.05) is 18.7 Å². The highest BCUT2D eigenvalue weighted by Crippen LogP contribution is 2.25. The van der Waals surface area contributed by atoms with Crippen molar-refractivity contribution in [1.29, 1.82) is 0 Å². The molecule has 0 unspecified atom stereocenters. The van der Waals surface area contributed by atoms with Gasteiger partial charge in [-0.1, -0.05) is 48.5 Å². The number of carbonyl (C=O) groups is 1. The van der Waals surface area contributed by atoms with Crippen molar-refractivity contribution < 1.29 is 23.5 Å². The lowest BCUT2D eigenvalue weighted by atomic mass is 9.99. The molecule has 1 saturated heterocycles. The molecule has 0 saturated carbocycles. The SMILES string of the molecule is CCc1cc(/C(C)=N/OCc2ccc(-c3ccc(F)cc3)c(F)c2)ccc1CN1CC[C@H](C(=O)O)C1. The molecule has 1 N–H and O–H groups in total. The summed E-state index contributed by atoms with van der Waals surface area (Å²) in [6.45, 7) is 6.20. The molecule has 0 bridgehead atoms. The van der Waals surface area contributed by atoms with Crippen molar-refractivity contribution in [2.75, 3.05) is 13.1 Å². The number of carboxylic acids is 1. The first-order valence-electron chi connectivity index (χ1n) is 12.1. The second-order valence-corrected chi connectivity index (χ2v) is 9.17. The van der Waals surface area contributed by atoms with Crippen LogP contribution in [0, 0.1) is 17.6 Å². The van der Waals surface area contributed by atoms with Gasteiger partial charge in [0.2, 0.25) is 0 Å². The largest absolute Gasteiger partial charge is 0.481 e. The first-order chi connectivity index (χ1) is 17.3. The van der Waals surface area contributed by atoms with Crippen LogP contribution in [-0.4, -0.2) is 34.8 Å². The number of oxime groups is 1. The van der Waals surface area contributed by atoms with Gasteiger partial charge < -0.3 is 9.94 Å². The summed E-state index contributed by atoms with van der Waals surface area (Å²) in [5, 5.41) is 13.5. The molecule has 0 radical (unpaired) electrons.